The molecule has 2 nitrogen and oxygen atoms in total. The molecule has 0 radical (unpaired) electrons. The third-order valence-corrected chi connectivity index (χ3v) is 4.34. The Labute approximate surface area is 129 Å². The molecule has 20 heavy (non-hydrogen) atoms. The minimum Gasteiger partial charge on any atom is -0.336 e. The van der Waals surface area contributed by atoms with E-state index in [0.717, 1.165) is 6.42 Å². The molecular weight excluding hydrogens is 290 g/mol. The van der Waals surface area contributed by atoms with Crippen LogP contribution in [0.3, 0.4) is 0 Å². The predicted octanol–water partition coefficient (Wildman–Crippen LogP) is 3.87. The van der Waals surface area contributed by atoms with Gasteiger partial charge in [0.15, 0.2) is 0 Å². The second-order valence-electron chi connectivity index (χ2n) is 4.70. The number of amides is 1. The first-order valence-corrected chi connectivity index (χ1v) is 7.97. The number of aryl methyl sites for hydroxylation is 1. The summed E-state index contributed by atoms with van der Waals surface area (Å²) in [6.07, 6.45) is 0.855. The van der Waals surface area contributed by atoms with Gasteiger partial charge in [-0.25, -0.2) is 0 Å². The summed E-state index contributed by atoms with van der Waals surface area (Å²) < 4.78 is 0. The van der Waals surface area contributed by atoms with Gasteiger partial charge in [0.25, 0.3) is 0 Å². The lowest BCUT2D eigenvalue weighted by atomic mass is 10.1. The fourth-order valence-corrected chi connectivity index (χ4v) is 3.12. The summed E-state index contributed by atoms with van der Waals surface area (Å²) in [5, 5.41) is 0. The highest BCUT2D eigenvalue weighted by atomic mass is 35.5. The SMILES string of the molecule is Cc1ccc(CN(CCc2ccccc2)C(=O)CCl)s1. The van der Waals surface area contributed by atoms with Gasteiger partial charge in [0.2, 0.25) is 5.91 Å². The monoisotopic (exact) mass is 307 g/mol. The number of halogens is 1. The number of carbonyl (C=O) groups is 1. The van der Waals surface area contributed by atoms with Crippen molar-refractivity contribution in [2.75, 3.05) is 12.4 Å². The molecule has 0 fully saturated rings. The minimum atomic E-state index is -0.00588. The molecule has 1 aromatic heterocycles. The molecule has 0 unspecified atom stereocenters. The maximum Gasteiger partial charge on any atom is 0.237 e. The fourth-order valence-electron chi connectivity index (χ4n) is 2.04. The summed E-state index contributed by atoms with van der Waals surface area (Å²) in [4.78, 5) is 16.2. The van der Waals surface area contributed by atoms with Crippen molar-refractivity contribution < 1.29 is 4.79 Å². The first kappa shape index (κ1) is 15.1. The van der Waals surface area contributed by atoms with E-state index < -0.39 is 0 Å². The van der Waals surface area contributed by atoms with Gasteiger partial charge in [-0.15, -0.1) is 22.9 Å². The van der Waals surface area contributed by atoms with Crippen molar-refractivity contribution in [3.63, 3.8) is 0 Å². The largest absolute Gasteiger partial charge is 0.336 e. The van der Waals surface area contributed by atoms with Gasteiger partial charge in [-0.3, -0.25) is 4.79 Å². The topological polar surface area (TPSA) is 20.3 Å². The number of hydrogen-bond acceptors (Lipinski definition) is 2. The van der Waals surface area contributed by atoms with Crippen molar-refractivity contribution >= 4 is 28.8 Å². The zero-order valence-corrected chi connectivity index (χ0v) is 13.1. The Morgan fingerprint density at radius 3 is 2.55 bits per heavy atom. The van der Waals surface area contributed by atoms with E-state index in [4.69, 9.17) is 11.6 Å². The van der Waals surface area contributed by atoms with Gasteiger partial charge in [-0.2, -0.15) is 0 Å². The highest BCUT2D eigenvalue weighted by molar-refractivity contribution is 7.11. The van der Waals surface area contributed by atoms with E-state index in [2.05, 4.69) is 31.2 Å². The lowest BCUT2D eigenvalue weighted by Gasteiger charge is -2.21. The van der Waals surface area contributed by atoms with Crippen molar-refractivity contribution in [3.8, 4) is 0 Å². The van der Waals surface area contributed by atoms with Gasteiger partial charge in [-0.1, -0.05) is 30.3 Å². The van der Waals surface area contributed by atoms with Crippen LogP contribution in [0.5, 0.6) is 0 Å². The van der Waals surface area contributed by atoms with E-state index >= 15 is 0 Å². The summed E-state index contributed by atoms with van der Waals surface area (Å²) in [5.74, 6) is 0.0349. The average molecular weight is 308 g/mol. The molecule has 0 aliphatic carbocycles. The Kier molecular flexibility index (Phi) is 5.62. The lowest BCUT2D eigenvalue weighted by Crippen LogP contribution is -2.33. The normalized spacial score (nSPS) is 10.5. The number of alkyl halides is 1. The molecule has 4 heteroatoms. The first-order valence-electron chi connectivity index (χ1n) is 6.62. The molecule has 0 aliphatic rings. The number of thiophene rings is 1. The van der Waals surface area contributed by atoms with Gasteiger partial charge in [0.05, 0.1) is 6.54 Å². The van der Waals surface area contributed by atoms with Crippen LogP contribution in [0, 0.1) is 6.92 Å². The second kappa shape index (κ2) is 7.46. The van der Waals surface area contributed by atoms with E-state index in [1.807, 2.05) is 23.1 Å². The maximum atomic E-state index is 11.9. The number of nitrogens with zero attached hydrogens (tertiary/aromatic N) is 1. The van der Waals surface area contributed by atoms with Crippen LogP contribution in [0.2, 0.25) is 0 Å². The lowest BCUT2D eigenvalue weighted by molar-refractivity contribution is -0.129. The summed E-state index contributed by atoms with van der Waals surface area (Å²) >= 11 is 7.44. The zero-order chi connectivity index (χ0) is 14.4. The Bertz CT molecular complexity index is 553. The molecule has 0 N–H and O–H groups in total. The number of hydrogen-bond donors (Lipinski definition) is 0. The first-order chi connectivity index (χ1) is 9.69. The van der Waals surface area contributed by atoms with Crippen LogP contribution in [-0.4, -0.2) is 23.2 Å². The summed E-state index contributed by atoms with van der Waals surface area (Å²) in [6, 6.07) is 14.4. The Hall–Kier alpha value is -1.32. The van der Waals surface area contributed by atoms with Crippen LogP contribution in [0.1, 0.15) is 15.3 Å². The maximum absolute atomic E-state index is 11.9. The fraction of sp³-hybridized carbons (Fsp3) is 0.312. The van der Waals surface area contributed by atoms with Crippen molar-refractivity contribution in [1.29, 1.82) is 0 Å². The Morgan fingerprint density at radius 1 is 1.20 bits per heavy atom. The molecule has 0 atom stereocenters. The molecule has 2 aromatic rings. The van der Waals surface area contributed by atoms with E-state index in [1.54, 1.807) is 11.3 Å². The van der Waals surface area contributed by atoms with Crippen LogP contribution < -0.4 is 0 Å². The third-order valence-electron chi connectivity index (χ3n) is 3.12. The molecule has 0 saturated carbocycles. The summed E-state index contributed by atoms with van der Waals surface area (Å²) in [6.45, 7) is 3.43. The molecular formula is C16H18ClNOS. The van der Waals surface area contributed by atoms with E-state index in [1.165, 1.54) is 15.3 Å². The molecule has 0 bridgehead atoms. The van der Waals surface area contributed by atoms with Crippen molar-refractivity contribution in [2.45, 2.75) is 19.9 Å². The van der Waals surface area contributed by atoms with Gasteiger partial charge in [0, 0.05) is 16.3 Å². The average Bonchev–Trinajstić information content (AvgIpc) is 2.89. The molecule has 1 heterocycles. The highest BCUT2D eigenvalue weighted by Crippen LogP contribution is 2.17. The van der Waals surface area contributed by atoms with Gasteiger partial charge < -0.3 is 4.90 Å². The van der Waals surface area contributed by atoms with E-state index in [0.29, 0.717) is 13.1 Å². The molecule has 0 aliphatic heterocycles. The molecule has 0 saturated heterocycles. The van der Waals surface area contributed by atoms with Gasteiger partial charge >= 0.3 is 0 Å². The number of benzene rings is 1. The van der Waals surface area contributed by atoms with Crippen LogP contribution in [0.25, 0.3) is 0 Å². The van der Waals surface area contributed by atoms with Crippen LogP contribution in [-0.2, 0) is 17.8 Å². The molecule has 0 spiro atoms. The van der Waals surface area contributed by atoms with Gasteiger partial charge in [0.1, 0.15) is 5.88 Å². The van der Waals surface area contributed by atoms with E-state index in [-0.39, 0.29) is 11.8 Å². The summed E-state index contributed by atoms with van der Waals surface area (Å²) in [7, 11) is 0. The number of rotatable bonds is 6. The molecule has 106 valence electrons. The summed E-state index contributed by atoms with van der Waals surface area (Å²) in [5.41, 5.74) is 1.24. The van der Waals surface area contributed by atoms with Crippen molar-refractivity contribution in [1.82, 2.24) is 4.90 Å². The third kappa shape index (κ3) is 4.36. The van der Waals surface area contributed by atoms with E-state index in [9.17, 15) is 4.79 Å². The van der Waals surface area contributed by atoms with Crippen LogP contribution in [0.4, 0.5) is 0 Å². The smallest absolute Gasteiger partial charge is 0.237 e. The molecule has 2 rings (SSSR count). The van der Waals surface area contributed by atoms with Gasteiger partial charge in [-0.05, 0) is 31.0 Å². The van der Waals surface area contributed by atoms with Crippen LogP contribution in [0.15, 0.2) is 42.5 Å². The zero-order valence-electron chi connectivity index (χ0n) is 11.5. The molecule has 1 aromatic carbocycles. The second-order valence-corrected chi connectivity index (χ2v) is 6.34. The number of carbonyl (C=O) groups excluding carboxylic acids is 1. The predicted molar refractivity (Wildman–Crippen MR) is 85.3 cm³/mol. The minimum absolute atomic E-state index is 0.00588. The quantitative estimate of drug-likeness (QED) is 0.742. The van der Waals surface area contributed by atoms with Crippen molar-refractivity contribution in [2.24, 2.45) is 0 Å². The Morgan fingerprint density at radius 2 is 1.95 bits per heavy atom. The Balaban J connectivity index is 1.98. The molecule has 1 amide bonds. The standard InChI is InChI=1S/C16H18ClNOS/c1-13-7-8-15(20-13)12-18(16(19)11-17)10-9-14-5-3-2-4-6-14/h2-8H,9-12H2,1H3. The highest BCUT2D eigenvalue weighted by Gasteiger charge is 2.13. The van der Waals surface area contributed by atoms with Crippen molar-refractivity contribution in [3.05, 3.63) is 57.8 Å². The van der Waals surface area contributed by atoms with Crippen LogP contribution >= 0.6 is 22.9 Å².